The van der Waals surface area contributed by atoms with Gasteiger partial charge in [0.15, 0.2) is 0 Å². The maximum Gasteiger partial charge on any atom is 0.0181 e. The summed E-state index contributed by atoms with van der Waals surface area (Å²) in [6.45, 7) is 14.5. The van der Waals surface area contributed by atoms with Gasteiger partial charge in [0.25, 0.3) is 0 Å². The Morgan fingerprint density at radius 2 is 1.46 bits per heavy atom. The SMILES string of the molecule is CCCCCCCC(C)(CCCCCC)N1CCCC(N)CC(C)(C)C1. The van der Waals surface area contributed by atoms with Gasteiger partial charge >= 0.3 is 0 Å². The zero-order valence-corrected chi connectivity index (χ0v) is 18.9. The molecule has 2 unspecified atom stereocenters. The predicted molar refractivity (Wildman–Crippen MR) is 118 cm³/mol. The summed E-state index contributed by atoms with van der Waals surface area (Å²) >= 11 is 0. The van der Waals surface area contributed by atoms with E-state index in [-0.39, 0.29) is 0 Å². The van der Waals surface area contributed by atoms with Crippen LogP contribution in [0.25, 0.3) is 0 Å². The zero-order valence-electron chi connectivity index (χ0n) is 18.9. The van der Waals surface area contributed by atoms with Crippen molar-refractivity contribution in [2.24, 2.45) is 11.1 Å². The molecular weight excluding hydrogens is 316 g/mol. The van der Waals surface area contributed by atoms with Crippen molar-refractivity contribution in [2.45, 2.75) is 136 Å². The van der Waals surface area contributed by atoms with Crippen molar-refractivity contribution in [1.82, 2.24) is 4.90 Å². The van der Waals surface area contributed by atoms with Crippen molar-refractivity contribution in [3.8, 4) is 0 Å². The summed E-state index contributed by atoms with van der Waals surface area (Å²) in [5.41, 5.74) is 7.08. The second-order valence-electron chi connectivity index (χ2n) is 10.2. The van der Waals surface area contributed by atoms with E-state index in [0.29, 0.717) is 17.0 Å². The van der Waals surface area contributed by atoms with Crippen LogP contribution in [0.2, 0.25) is 0 Å². The van der Waals surface area contributed by atoms with Crippen LogP contribution in [-0.2, 0) is 0 Å². The molecule has 0 aromatic heterocycles. The molecule has 0 amide bonds. The minimum absolute atomic E-state index is 0.340. The number of hydrogen-bond acceptors (Lipinski definition) is 2. The van der Waals surface area contributed by atoms with Crippen molar-refractivity contribution >= 4 is 0 Å². The molecule has 2 atom stereocenters. The third-order valence-electron chi connectivity index (χ3n) is 6.59. The summed E-state index contributed by atoms with van der Waals surface area (Å²) in [4.78, 5) is 2.88. The van der Waals surface area contributed by atoms with E-state index in [9.17, 15) is 0 Å². The van der Waals surface area contributed by atoms with Crippen LogP contribution in [0.5, 0.6) is 0 Å². The number of nitrogens with zero attached hydrogens (tertiary/aromatic N) is 1. The van der Waals surface area contributed by atoms with Gasteiger partial charge in [-0.15, -0.1) is 0 Å². The van der Waals surface area contributed by atoms with E-state index in [1.807, 2.05) is 0 Å². The maximum atomic E-state index is 6.36. The quantitative estimate of drug-likeness (QED) is 0.380. The highest BCUT2D eigenvalue weighted by Crippen LogP contribution is 2.35. The number of likely N-dealkylation sites (tertiary alicyclic amines) is 1. The lowest BCUT2D eigenvalue weighted by molar-refractivity contribution is 0.0274. The van der Waals surface area contributed by atoms with Crippen molar-refractivity contribution < 1.29 is 0 Å². The van der Waals surface area contributed by atoms with Crippen molar-refractivity contribution in [1.29, 1.82) is 0 Å². The van der Waals surface area contributed by atoms with Gasteiger partial charge in [-0.05, 0) is 51.0 Å². The Kier molecular flexibility index (Phi) is 11.4. The van der Waals surface area contributed by atoms with Crippen LogP contribution < -0.4 is 5.73 Å². The number of hydrogen-bond donors (Lipinski definition) is 1. The van der Waals surface area contributed by atoms with E-state index in [0.717, 1.165) is 0 Å². The summed E-state index contributed by atoms with van der Waals surface area (Å²) in [7, 11) is 0. The van der Waals surface area contributed by atoms with Crippen molar-refractivity contribution in [2.75, 3.05) is 13.1 Å². The van der Waals surface area contributed by atoms with Crippen molar-refractivity contribution in [3.05, 3.63) is 0 Å². The van der Waals surface area contributed by atoms with E-state index < -0.39 is 0 Å². The normalized spacial score (nSPS) is 24.0. The maximum absolute atomic E-state index is 6.36. The molecule has 2 nitrogen and oxygen atoms in total. The Morgan fingerprint density at radius 3 is 2.04 bits per heavy atom. The van der Waals surface area contributed by atoms with Gasteiger partial charge in [0, 0.05) is 18.1 Å². The Balaban J connectivity index is 2.72. The molecule has 1 aliphatic heterocycles. The molecule has 1 fully saturated rings. The minimum atomic E-state index is 0.340. The molecule has 0 aliphatic carbocycles. The summed E-state index contributed by atoms with van der Waals surface area (Å²) in [6, 6.07) is 0.400. The van der Waals surface area contributed by atoms with Gasteiger partial charge in [0.2, 0.25) is 0 Å². The number of rotatable bonds is 12. The number of unbranched alkanes of at least 4 members (excludes halogenated alkanes) is 7. The average Bonchev–Trinajstić information content (AvgIpc) is 2.56. The Labute approximate surface area is 165 Å². The zero-order chi connectivity index (χ0) is 19.5. The van der Waals surface area contributed by atoms with Gasteiger partial charge in [-0.1, -0.05) is 85.5 Å². The fourth-order valence-corrected chi connectivity index (χ4v) is 4.96. The van der Waals surface area contributed by atoms with Crippen LogP contribution in [0.1, 0.15) is 125 Å². The molecule has 26 heavy (non-hydrogen) atoms. The Bertz CT molecular complexity index is 352. The van der Waals surface area contributed by atoms with E-state index in [2.05, 4.69) is 39.5 Å². The first-order valence-electron chi connectivity index (χ1n) is 11.8. The average molecular weight is 367 g/mol. The highest BCUT2D eigenvalue weighted by Gasteiger charge is 2.36. The Hall–Kier alpha value is -0.0800. The Morgan fingerprint density at radius 1 is 0.923 bits per heavy atom. The molecule has 0 spiro atoms. The number of nitrogens with two attached hydrogens (primary N) is 1. The van der Waals surface area contributed by atoms with Crippen LogP contribution in [0, 0.1) is 5.41 Å². The van der Waals surface area contributed by atoms with Gasteiger partial charge in [0.1, 0.15) is 0 Å². The molecule has 0 bridgehead atoms. The molecule has 0 saturated carbocycles. The van der Waals surface area contributed by atoms with Gasteiger partial charge < -0.3 is 5.73 Å². The predicted octanol–water partition coefficient (Wildman–Crippen LogP) is 6.92. The summed E-state index contributed by atoms with van der Waals surface area (Å²) in [5.74, 6) is 0. The standard InChI is InChI=1S/C24H50N2/c1-6-8-10-12-14-18-24(5,17-13-11-9-7-2)26-19-15-16-22(25)20-23(3,4)21-26/h22H,6-21,25H2,1-5H3. The summed E-state index contributed by atoms with van der Waals surface area (Å²) < 4.78 is 0. The van der Waals surface area contributed by atoms with Gasteiger partial charge in [-0.3, -0.25) is 4.90 Å². The van der Waals surface area contributed by atoms with Crippen molar-refractivity contribution in [3.63, 3.8) is 0 Å². The smallest absolute Gasteiger partial charge is 0.0181 e. The second kappa shape index (κ2) is 12.4. The second-order valence-corrected chi connectivity index (χ2v) is 10.2. The third-order valence-corrected chi connectivity index (χ3v) is 6.59. The highest BCUT2D eigenvalue weighted by molar-refractivity contribution is 4.92. The van der Waals surface area contributed by atoms with Crippen LogP contribution in [0.4, 0.5) is 0 Å². The first-order chi connectivity index (χ1) is 12.3. The molecule has 156 valence electrons. The van der Waals surface area contributed by atoms with Gasteiger partial charge in [-0.25, -0.2) is 0 Å². The van der Waals surface area contributed by atoms with Crippen LogP contribution >= 0.6 is 0 Å². The molecule has 0 aromatic carbocycles. The topological polar surface area (TPSA) is 29.3 Å². The molecule has 2 heteroatoms. The van der Waals surface area contributed by atoms with Crippen LogP contribution in [0.3, 0.4) is 0 Å². The molecular formula is C24H50N2. The highest BCUT2D eigenvalue weighted by atomic mass is 15.2. The van der Waals surface area contributed by atoms with Crippen LogP contribution in [0.15, 0.2) is 0 Å². The van der Waals surface area contributed by atoms with E-state index in [1.165, 1.54) is 103 Å². The first-order valence-corrected chi connectivity index (χ1v) is 11.8. The molecule has 1 saturated heterocycles. The lowest BCUT2D eigenvalue weighted by atomic mass is 9.79. The molecule has 0 aromatic rings. The fraction of sp³-hybridized carbons (Fsp3) is 1.00. The fourth-order valence-electron chi connectivity index (χ4n) is 4.96. The lowest BCUT2D eigenvalue weighted by Crippen LogP contribution is -2.52. The van der Waals surface area contributed by atoms with Crippen LogP contribution in [-0.4, -0.2) is 29.6 Å². The molecule has 2 N–H and O–H groups in total. The van der Waals surface area contributed by atoms with E-state index in [4.69, 9.17) is 5.73 Å². The van der Waals surface area contributed by atoms with Gasteiger partial charge in [-0.2, -0.15) is 0 Å². The van der Waals surface area contributed by atoms with Gasteiger partial charge in [0.05, 0.1) is 0 Å². The molecule has 1 aliphatic rings. The molecule has 1 rings (SSSR count). The largest absolute Gasteiger partial charge is 0.328 e. The summed E-state index contributed by atoms with van der Waals surface area (Å²) in [5, 5.41) is 0. The van der Waals surface area contributed by atoms with E-state index in [1.54, 1.807) is 0 Å². The lowest BCUT2D eigenvalue weighted by Gasteiger charge is -2.47. The molecule has 1 heterocycles. The first kappa shape index (κ1) is 24.0. The summed E-state index contributed by atoms with van der Waals surface area (Å²) in [6.07, 6.45) is 18.9. The minimum Gasteiger partial charge on any atom is -0.328 e. The third kappa shape index (κ3) is 9.22. The monoisotopic (exact) mass is 366 g/mol. The molecule has 0 radical (unpaired) electrons. The van der Waals surface area contributed by atoms with E-state index >= 15 is 0 Å².